The Bertz CT molecular complexity index is 1980. The highest BCUT2D eigenvalue weighted by atomic mass is 32.2. The number of carbonyl (C=O) groups excluding carboxylic acids is 2. The Morgan fingerprint density at radius 1 is 0.735 bits per heavy atom. The summed E-state index contributed by atoms with van der Waals surface area (Å²) in [5.41, 5.74) is 6.36. The lowest BCUT2D eigenvalue weighted by Gasteiger charge is -2.36. The molecule has 0 aromatic heterocycles. The number of thioether (sulfide) groups is 1. The first-order valence-corrected chi connectivity index (χ1v) is 17.0. The van der Waals surface area contributed by atoms with Gasteiger partial charge in [-0.25, -0.2) is 4.79 Å². The second-order valence-electron chi connectivity index (χ2n) is 12.0. The zero-order chi connectivity index (χ0) is 33.9. The summed E-state index contributed by atoms with van der Waals surface area (Å²) in [4.78, 5) is 39.9. The molecule has 2 aliphatic rings. The fraction of sp³-hybridized carbons (Fsp3) is 0.175. The van der Waals surface area contributed by atoms with Gasteiger partial charge in [-0.2, -0.15) is 0 Å². The van der Waals surface area contributed by atoms with Crippen molar-refractivity contribution in [2.75, 3.05) is 5.75 Å². The molecule has 1 saturated heterocycles. The lowest BCUT2D eigenvalue weighted by atomic mass is 9.97. The molecule has 0 bridgehead atoms. The van der Waals surface area contributed by atoms with Crippen LogP contribution in [0.3, 0.4) is 0 Å². The van der Waals surface area contributed by atoms with E-state index in [1.54, 1.807) is 42.5 Å². The third-order valence-electron chi connectivity index (χ3n) is 8.88. The summed E-state index contributed by atoms with van der Waals surface area (Å²) in [5.74, 6) is -1.03. The van der Waals surface area contributed by atoms with Gasteiger partial charge in [-0.1, -0.05) is 97.1 Å². The molecule has 5 aromatic carbocycles. The zero-order valence-electron chi connectivity index (χ0n) is 26.4. The number of hydrogen-bond donors (Lipinski definition) is 2. The van der Waals surface area contributed by atoms with Crippen molar-refractivity contribution in [3.63, 3.8) is 0 Å². The number of nitrogens with zero attached hydrogens (tertiary/aromatic N) is 1. The maximum atomic E-state index is 13.1. The van der Waals surface area contributed by atoms with Crippen molar-refractivity contribution < 1.29 is 34.1 Å². The van der Waals surface area contributed by atoms with E-state index in [-0.39, 0.29) is 42.7 Å². The molecule has 0 unspecified atom stereocenters. The fourth-order valence-electron chi connectivity index (χ4n) is 6.29. The van der Waals surface area contributed by atoms with Crippen molar-refractivity contribution in [3.8, 4) is 11.1 Å². The van der Waals surface area contributed by atoms with Crippen LogP contribution >= 0.6 is 11.8 Å². The molecule has 246 valence electrons. The van der Waals surface area contributed by atoms with Gasteiger partial charge in [0.15, 0.2) is 6.29 Å². The van der Waals surface area contributed by atoms with E-state index in [4.69, 9.17) is 9.47 Å². The third-order valence-corrected chi connectivity index (χ3v) is 10.1. The van der Waals surface area contributed by atoms with Gasteiger partial charge in [0.2, 0.25) is 0 Å². The number of aromatic carboxylic acids is 1. The number of ether oxygens (including phenoxy) is 2. The summed E-state index contributed by atoms with van der Waals surface area (Å²) in [6.07, 6.45) is -0.639. The first kappa shape index (κ1) is 32.5. The summed E-state index contributed by atoms with van der Waals surface area (Å²) in [5, 5.41) is 19.2. The molecule has 2 heterocycles. The van der Waals surface area contributed by atoms with Gasteiger partial charge in [-0.3, -0.25) is 14.5 Å². The van der Waals surface area contributed by atoms with Crippen molar-refractivity contribution in [2.24, 2.45) is 0 Å². The number of carboxylic acid groups (broad SMARTS) is 1. The van der Waals surface area contributed by atoms with Gasteiger partial charge in [0, 0.05) is 22.6 Å². The van der Waals surface area contributed by atoms with E-state index >= 15 is 0 Å². The smallest absolute Gasteiger partial charge is 0.336 e. The number of fused-ring (bicyclic) bond motifs is 1. The van der Waals surface area contributed by atoms with Crippen molar-refractivity contribution in [1.82, 2.24) is 4.90 Å². The summed E-state index contributed by atoms with van der Waals surface area (Å²) >= 11 is 1.45. The highest BCUT2D eigenvalue weighted by Crippen LogP contribution is 2.40. The number of benzene rings is 5. The average molecular weight is 672 g/mol. The Morgan fingerprint density at radius 2 is 1.35 bits per heavy atom. The van der Waals surface area contributed by atoms with E-state index < -0.39 is 12.3 Å². The Balaban J connectivity index is 1.12. The molecule has 0 radical (unpaired) electrons. The first-order valence-electron chi connectivity index (χ1n) is 16.0. The summed E-state index contributed by atoms with van der Waals surface area (Å²) in [7, 11) is 0. The molecular weight excluding hydrogens is 639 g/mol. The number of aliphatic hydroxyl groups is 1. The quantitative estimate of drug-likeness (QED) is 0.115. The van der Waals surface area contributed by atoms with E-state index in [0.717, 1.165) is 33.4 Å². The topological polar surface area (TPSA) is 113 Å². The molecule has 7 rings (SSSR count). The van der Waals surface area contributed by atoms with Crippen LogP contribution in [0.25, 0.3) is 11.1 Å². The molecule has 49 heavy (non-hydrogen) atoms. The molecule has 2 N–H and O–H groups in total. The molecule has 0 spiro atoms. The highest BCUT2D eigenvalue weighted by Gasteiger charge is 2.36. The molecule has 2 amide bonds. The molecule has 9 heteroatoms. The predicted octanol–water partition coefficient (Wildman–Crippen LogP) is 7.68. The average Bonchev–Trinajstić information content (AvgIpc) is 3.39. The van der Waals surface area contributed by atoms with Gasteiger partial charge in [-0.15, -0.1) is 11.8 Å². The SMILES string of the molecule is O=C(O)c1ccccc1SC[C@H]1C[C@@H](c2ccc(CO)cc2)O[C@@H](c2ccc(-c3ccccc3CN3C(=O)c4ccccc4C3=O)cc2)O1. The highest BCUT2D eigenvalue weighted by molar-refractivity contribution is 7.99. The van der Waals surface area contributed by atoms with Crippen LogP contribution in [-0.4, -0.2) is 44.8 Å². The maximum absolute atomic E-state index is 13.1. The Labute approximate surface area is 287 Å². The van der Waals surface area contributed by atoms with Gasteiger partial charge in [0.05, 0.1) is 42.0 Å². The third kappa shape index (κ3) is 6.79. The molecule has 0 saturated carbocycles. The van der Waals surface area contributed by atoms with Crippen molar-refractivity contribution >= 4 is 29.5 Å². The largest absolute Gasteiger partial charge is 0.478 e. The number of aliphatic hydroxyl groups excluding tert-OH is 1. The summed E-state index contributed by atoms with van der Waals surface area (Å²) in [6, 6.07) is 37.1. The van der Waals surface area contributed by atoms with Crippen molar-refractivity contribution in [3.05, 3.63) is 160 Å². The predicted molar refractivity (Wildman–Crippen MR) is 185 cm³/mol. The Morgan fingerprint density at radius 3 is 2.02 bits per heavy atom. The number of hydrogen-bond acceptors (Lipinski definition) is 7. The lowest BCUT2D eigenvalue weighted by Crippen LogP contribution is -2.31. The van der Waals surface area contributed by atoms with Gasteiger partial charge < -0.3 is 19.7 Å². The maximum Gasteiger partial charge on any atom is 0.336 e. The number of carbonyl (C=O) groups is 3. The van der Waals surface area contributed by atoms with Crippen LogP contribution in [0.1, 0.15) is 72.1 Å². The van der Waals surface area contributed by atoms with Gasteiger partial charge >= 0.3 is 5.97 Å². The Kier molecular flexibility index (Phi) is 9.41. The first-order chi connectivity index (χ1) is 23.9. The van der Waals surface area contributed by atoms with Crippen LogP contribution in [0.5, 0.6) is 0 Å². The molecular formula is C40H33NO7S. The molecule has 5 aromatic rings. The normalized spacial score (nSPS) is 18.8. The van der Waals surface area contributed by atoms with Gasteiger partial charge in [0.1, 0.15) is 0 Å². The molecule has 1 fully saturated rings. The van der Waals surface area contributed by atoms with Crippen LogP contribution in [0.2, 0.25) is 0 Å². The lowest BCUT2D eigenvalue weighted by molar-refractivity contribution is -0.245. The fourth-order valence-corrected chi connectivity index (χ4v) is 7.35. The zero-order valence-corrected chi connectivity index (χ0v) is 27.2. The van der Waals surface area contributed by atoms with Gasteiger partial charge in [-0.05, 0) is 52.1 Å². The number of amides is 2. The van der Waals surface area contributed by atoms with Gasteiger partial charge in [0.25, 0.3) is 11.8 Å². The summed E-state index contributed by atoms with van der Waals surface area (Å²) < 4.78 is 13.0. The molecule has 0 aliphatic carbocycles. The number of imide groups is 1. The minimum Gasteiger partial charge on any atom is -0.478 e. The standard InChI is InChI=1S/C40H33NO7S/c42-23-25-13-15-27(16-14-25)35-21-30(24-49-36-12-6-5-11-34(36)39(45)46)47-40(48-35)28-19-17-26(18-20-28)31-8-2-1-7-29(31)22-41-37(43)32-9-3-4-10-33(32)38(41)44/h1-20,30,35,40,42H,21-24H2,(H,45,46)/t30-,35+,40+/m1/s1. The molecule has 8 nitrogen and oxygen atoms in total. The molecule has 3 atom stereocenters. The van der Waals surface area contributed by atoms with E-state index in [1.165, 1.54) is 16.7 Å². The second-order valence-corrected chi connectivity index (χ2v) is 13.0. The van der Waals surface area contributed by atoms with Crippen LogP contribution in [0.15, 0.2) is 126 Å². The number of rotatable bonds is 10. The van der Waals surface area contributed by atoms with Crippen molar-refractivity contribution in [1.29, 1.82) is 0 Å². The Hall–Kier alpha value is -5.06. The van der Waals surface area contributed by atoms with E-state index in [2.05, 4.69) is 0 Å². The monoisotopic (exact) mass is 671 g/mol. The van der Waals surface area contributed by atoms with E-state index in [9.17, 15) is 24.6 Å². The van der Waals surface area contributed by atoms with Crippen LogP contribution in [-0.2, 0) is 22.6 Å². The van der Waals surface area contributed by atoms with Crippen LogP contribution < -0.4 is 0 Å². The minimum absolute atomic E-state index is 0.0480. The van der Waals surface area contributed by atoms with Crippen LogP contribution in [0, 0.1) is 0 Å². The van der Waals surface area contributed by atoms with Crippen LogP contribution in [0.4, 0.5) is 0 Å². The summed E-state index contributed by atoms with van der Waals surface area (Å²) in [6.45, 7) is 0.105. The van der Waals surface area contributed by atoms with E-state index in [1.807, 2.05) is 78.9 Å². The molecule has 2 aliphatic heterocycles. The van der Waals surface area contributed by atoms with E-state index in [0.29, 0.717) is 28.2 Å². The second kappa shape index (κ2) is 14.2. The minimum atomic E-state index is -0.971. The number of carboxylic acids is 1. The van der Waals surface area contributed by atoms with Crippen molar-refractivity contribution in [2.45, 2.75) is 43.0 Å².